The summed E-state index contributed by atoms with van der Waals surface area (Å²) in [7, 11) is -4.39. The lowest BCUT2D eigenvalue weighted by Gasteiger charge is -2.19. The summed E-state index contributed by atoms with van der Waals surface area (Å²) in [5, 5.41) is 0. The summed E-state index contributed by atoms with van der Waals surface area (Å²) in [6.45, 7) is 3.66. The van der Waals surface area contributed by atoms with Crippen LogP contribution in [0.3, 0.4) is 0 Å². The summed E-state index contributed by atoms with van der Waals surface area (Å²) in [6, 6.07) is 0. The lowest BCUT2D eigenvalue weighted by atomic mass is 10.1. The van der Waals surface area contributed by atoms with Gasteiger partial charge in [0.25, 0.3) is 0 Å². The van der Waals surface area contributed by atoms with E-state index in [4.69, 9.17) is 24.3 Å². The van der Waals surface area contributed by atoms with E-state index in [1.165, 1.54) is 96.3 Å². The fourth-order valence-corrected chi connectivity index (χ4v) is 6.64. The number of ether oxygens (including phenoxy) is 2. The molecule has 0 saturated carbocycles. The summed E-state index contributed by atoms with van der Waals surface area (Å²) < 4.78 is 32.7. The smallest absolute Gasteiger partial charge is 0.462 e. The Morgan fingerprint density at radius 2 is 0.945 bits per heavy atom. The van der Waals surface area contributed by atoms with Gasteiger partial charge in [-0.05, 0) is 77.0 Å². The number of esters is 2. The standard InChI is InChI=1S/C45H82NO8P/c1-3-5-7-9-11-13-15-17-19-20-21-22-24-25-27-29-31-33-35-37-44(47)51-41-43(42-53-55(49,50)52-40-39-46)54-45(48)38-36-34-32-30-28-26-23-18-16-14-12-10-8-6-4-2/h11,13,17-19,23,28,30,43H,3-10,12,14-16,20-22,24-27,29,31-42,46H2,1-2H3,(H,49,50)/b13-11+,19-17+,23-18+,30-28+/t43-/m1/s1. The third-order valence-corrected chi connectivity index (χ3v) is 10.2. The zero-order valence-corrected chi connectivity index (χ0v) is 36.0. The number of unbranched alkanes of at least 4 members (excludes halogenated alkanes) is 20. The zero-order chi connectivity index (χ0) is 40.3. The number of hydrogen-bond acceptors (Lipinski definition) is 8. The highest BCUT2D eigenvalue weighted by Crippen LogP contribution is 2.43. The Balaban J connectivity index is 4.18. The number of phosphoric acid groups is 1. The van der Waals surface area contributed by atoms with Gasteiger partial charge in [-0.15, -0.1) is 0 Å². The molecule has 0 aromatic heterocycles. The minimum absolute atomic E-state index is 0.0466. The van der Waals surface area contributed by atoms with E-state index in [2.05, 4.69) is 62.5 Å². The Morgan fingerprint density at radius 3 is 1.45 bits per heavy atom. The van der Waals surface area contributed by atoms with Crippen LogP contribution in [0.25, 0.3) is 0 Å². The van der Waals surface area contributed by atoms with E-state index < -0.39 is 32.5 Å². The van der Waals surface area contributed by atoms with Crippen LogP contribution in [-0.4, -0.2) is 49.3 Å². The largest absolute Gasteiger partial charge is 0.472 e. The topological polar surface area (TPSA) is 134 Å². The van der Waals surface area contributed by atoms with E-state index in [9.17, 15) is 19.0 Å². The number of carbonyl (C=O) groups is 2. The monoisotopic (exact) mass is 796 g/mol. The average molecular weight is 796 g/mol. The number of hydrogen-bond donors (Lipinski definition) is 2. The number of phosphoric ester groups is 1. The minimum atomic E-state index is -4.39. The molecule has 3 N–H and O–H groups in total. The van der Waals surface area contributed by atoms with Gasteiger partial charge < -0.3 is 20.1 Å². The lowest BCUT2D eigenvalue weighted by molar-refractivity contribution is -0.161. The van der Waals surface area contributed by atoms with Crippen molar-refractivity contribution in [2.24, 2.45) is 5.73 Å². The molecule has 0 saturated heterocycles. The van der Waals surface area contributed by atoms with Gasteiger partial charge in [-0.2, -0.15) is 0 Å². The fourth-order valence-electron chi connectivity index (χ4n) is 5.87. The van der Waals surface area contributed by atoms with Gasteiger partial charge in [0.1, 0.15) is 6.61 Å². The molecule has 0 fully saturated rings. The van der Waals surface area contributed by atoms with Crippen LogP contribution in [0.5, 0.6) is 0 Å². The summed E-state index contributed by atoms with van der Waals surface area (Å²) in [4.78, 5) is 34.9. The fraction of sp³-hybridized carbons (Fsp3) is 0.778. The van der Waals surface area contributed by atoms with Gasteiger partial charge in [-0.1, -0.05) is 152 Å². The summed E-state index contributed by atoms with van der Waals surface area (Å²) in [6.07, 6.45) is 47.1. The van der Waals surface area contributed by atoms with Gasteiger partial charge in [0, 0.05) is 19.4 Å². The molecule has 0 rings (SSSR count). The van der Waals surface area contributed by atoms with E-state index in [0.717, 1.165) is 64.2 Å². The van der Waals surface area contributed by atoms with Crippen molar-refractivity contribution in [3.63, 3.8) is 0 Å². The summed E-state index contributed by atoms with van der Waals surface area (Å²) in [5.74, 6) is -0.871. The van der Waals surface area contributed by atoms with Gasteiger partial charge in [0.2, 0.25) is 0 Å². The first-order valence-electron chi connectivity index (χ1n) is 22.1. The van der Waals surface area contributed by atoms with Crippen molar-refractivity contribution in [2.75, 3.05) is 26.4 Å². The van der Waals surface area contributed by atoms with Gasteiger partial charge in [-0.3, -0.25) is 18.6 Å². The quantitative estimate of drug-likeness (QED) is 0.0268. The molecule has 0 bridgehead atoms. The van der Waals surface area contributed by atoms with E-state index >= 15 is 0 Å². The zero-order valence-electron chi connectivity index (χ0n) is 35.2. The molecule has 0 heterocycles. The predicted octanol–water partition coefficient (Wildman–Crippen LogP) is 12.7. The molecule has 9 nitrogen and oxygen atoms in total. The average Bonchev–Trinajstić information content (AvgIpc) is 3.17. The lowest BCUT2D eigenvalue weighted by Crippen LogP contribution is -2.29. The number of allylic oxidation sites excluding steroid dienone is 8. The molecule has 0 aliphatic carbocycles. The van der Waals surface area contributed by atoms with Crippen LogP contribution in [-0.2, 0) is 32.7 Å². The van der Waals surface area contributed by atoms with Crippen molar-refractivity contribution in [1.82, 2.24) is 0 Å². The molecule has 1 unspecified atom stereocenters. The maximum Gasteiger partial charge on any atom is 0.472 e. The normalized spacial score (nSPS) is 13.7. The highest BCUT2D eigenvalue weighted by Gasteiger charge is 2.26. The van der Waals surface area contributed by atoms with Crippen molar-refractivity contribution in [2.45, 2.75) is 200 Å². The second-order valence-corrected chi connectivity index (χ2v) is 16.0. The first-order valence-corrected chi connectivity index (χ1v) is 23.6. The Labute approximate surface area is 336 Å². The SMILES string of the molecule is CCCCC/C=C/C/C=C/CCCCCCCCCCCC(=O)OC[C@H](COP(=O)(O)OCCN)OC(=O)CCCC/C=C/C/C=C/CCCCCCCC. The van der Waals surface area contributed by atoms with E-state index in [1.807, 2.05) is 0 Å². The Hall–Kier alpha value is -2.03. The molecular formula is C45H82NO8P. The first-order chi connectivity index (χ1) is 26.8. The maximum atomic E-state index is 12.6. The molecule has 10 heteroatoms. The second kappa shape index (κ2) is 41.6. The van der Waals surface area contributed by atoms with Gasteiger partial charge >= 0.3 is 19.8 Å². The molecule has 2 atom stereocenters. The van der Waals surface area contributed by atoms with Gasteiger partial charge in [-0.25, -0.2) is 4.57 Å². The van der Waals surface area contributed by atoms with Crippen molar-refractivity contribution in [3.05, 3.63) is 48.6 Å². The number of carbonyl (C=O) groups excluding carboxylic acids is 2. The van der Waals surface area contributed by atoms with Crippen LogP contribution < -0.4 is 5.73 Å². The summed E-state index contributed by atoms with van der Waals surface area (Å²) >= 11 is 0. The third kappa shape index (κ3) is 41.4. The van der Waals surface area contributed by atoms with Crippen molar-refractivity contribution in [3.8, 4) is 0 Å². The highest BCUT2D eigenvalue weighted by molar-refractivity contribution is 7.47. The Kier molecular flexibility index (Phi) is 40.1. The maximum absolute atomic E-state index is 12.6. The minimum Gasteiger partial charge on any atom is -0.462 e. The van der Waals surface area contributed by atoms with Crippen LogP contribution >= 0.6 is 7.82 Å². The second-order valence-electron chi connectivity index (χ2n) is 14.6. The van der Waals surface area contributed by atoms with Crippen molar-refractivity contribution < 1.29 is 37.6 Å². The van der Waals surface area contributed by atoms with E-state index in [0.29, 0.717) is 6.42 Å². The molecule has 0 radical (unpaired) electrons. The molecule has 0 aliphatic heterocycles. The highest BCUT2D eigenvalue weighted by atomic mass is 31.2. The molecule has 0 aromatic carbocycles. The van der Waals surface area contributed by atoms with E-state index in [1.54, 1.807) is 0 Å². The Morgan fingerprint density at radius 1 is 0.545 bits per heavy atom. The van der Waals surface area contributed by atoms with Crippen LogP contribution in [0.2, 0.25) is 0 Å². The molecule has 0 aliphatic rings. The van der Waals surface area contributed by atoms with Gasteiger partial charge in [0.05, 0.1) is 13.2 Å². The van der Waals surface area contributed by atoms with Crippen LogP contribution in [0.4, 0.5) is 0 Å². The number of rotatable bonds is 41. The van der Waals surface area contributed by atoms with Gasteiger partial charge in [0.15, 0.2) is 6.10 Å². The molecule has 0 spiro atoms. The molecule has 320 valence electrons. The molecular weight excluding hydrogens is 713 g/mol. The van der Waals surface area contributed by atoms with E-state index in [-0.39, 0.29) is 32.6 Å². The van der Waals surface area contributed by atoms with Crippen LogP contribution in [0.15, 0.2) is 48.6 Å². The third-order valence-electron chi connectivity index (χ3n) is 9.19. The molecule has 0 aromatic rings. The van der Waals surface area contributed by atoms with Crippen molar-refractivity contribution >= 4 is 19.8 Å². The molecule has 55 heavy (non-hydrogen) atoms. The van der Waals surface area contributed by atoms with Crippen molar-refractivity contribution in [1.29, 1.82) is 0 Å². The number of nitrogens with two attached hydrogens (primary N) is 1. The van der Waals surface area contributed by atoms with Crippen LogP contribution in [0.1, 0.15) is 194 Å². The van der Waals surface area contributed by atoms with Crippen LogP contribution in [0, 0.1) is 0 Å². The predicted molar refractivity (Wildman–Crippen MR) is 229 cm³/mol. The summed E-state index contributed by atoms with van der Waals surface area (Å²) in [5.41, 5.74) is 5.34. The Bertz CT molecular complexity index is 1040. The first kappa shape index (κ1) is 53.0. The molecule has 0 amide bonds.